The zero-order valence-electron chi connectivity index (χ0n) is 14.8. The lowest BCUT2D eigenvalue weighted by Gasteiger charge is -2.39. The van der Waals surface area contributed by atoms with E-state index >= 15 is 0 Å². The van der Waals surface area contributed by atoms with Crippen LogP contribution in [0, 0.1) is 0 Å². The first kappa shape index (κ1) is 19.7. The molecule has 0 spiro atoms. The molecule has 2 saturated heterocycles. The molecule has 138 valence electrons. The summed E-state index contributed by atoms with van der Waals surface area (Å²) >= 11 is 0. The smallest absolute Gasteiger partial charge is 0.250 e. The van der Waals surface area contributed by atoms with Gasteiger partial charge in [0.25, 0.3) is 0 Å². The number of halogens is 1. The van der Waals surface area contributed by atoms with E-state index in [0.717, 1.165) is 44.3 Å². The van der Waals surface area contributed by atoms with Crippen LogP contribution in [0.25, 0.3) is 0 Å². The van der Waals surface area contributed by atoms with Gasteiger partial charge in [-0.25, -0.2) is 0 Å². The maximum Gasteiger partial charge on any atom is 0.250 e. The number of likely N-dealkylation sites (tertiary alicyclic amines) is 2. The summed E-state index contributed by atoms with van der Waals surface area (Å²) in [7, 11) is 1.97. The second-order valence-electron chi connectivity index (χ2n) is 6.75. The van der Waals surface area contributed by atoms with E-state index in [2.05, 4.69) is 5.32 Å². The van der Waals surface area contributed by atoms with Crippen LogP contribution in [0.4, 0.5) is 0 Å². The maximum absolute atomic E-state index is 13.3. The number of hydrogen-bond acceptors (Lipinski definition) is 3. The van der Waals surface area contributed by atoms with Crippen LogP contribution in [0.1, 0.15) is 43.7 Å². The molecule has 2 fully saturated rings. The third kappa shape index (κ3) is 4.53. The number of piperidine rings is 2. The maximum atomic E-state index is 13.3. The normalized spacial score (nSPS) is 20.1. The Morgan fingerprint density at radius 1 is 1.12 bits per heavy atom. The molecule has 6 heteroatoms. The average molecular weight is 366 g/mol. The van der Waals surface area contributed by atoms with Crippen molar-refractivity contribution in [2.75, 3.05) is 26.7 Å². The molecule has 0 aliphatic carbocycles. The van der Waals surface area contributed by atoms with E-state index in [1.54, 1.807) is 4.90 Å². The minimum atomic E-state index is -0.467. The molecule has 2 amide bonds. The topological polar surface area (TPSA) is 52.7 Å². The predicted octanol–water partition coefficient (Wildman–Crippen LogP) is 2.37. The zero-order valence-corrected chi connectivity index (χ0v) is 15.6. The third-order valence-corrected chi connectivity index (χ3v) is 5.24. The van der Waals surface area contributed by atoms with Gasteiger partial charge in [-0.3, -0.25) is 9.59 Å². The molecule has 2 heterocycles. The Morgan fingerprint density at radius 3 is 2.40 bits per heavy atom. The van der Waals surface area contributed by atoms with Gasteiger partial charge in [-0.2, -0.15) is 0 Å². The quantitative estimate of drug-likeness (QED) is 0.891. The first-order chi connectivity index (χ1) is 11.7. The number of nitrogens with zero attached hydrogens (tertiary/aromatic N) is 2. The molecule has 0 saturated carbocycles. The van der Waals surface area contributed by atoms with Gasteiger partial charge >= 0.3 is 0 Å². The molecule has 1 N–H and O–H groups in total. The van der Waals surface area contributed by atoms with Crippen LogP contribution in [-0.4, -0.2) is 54.3 Å². The number of rotatable bonds is 4. The highest BCUT2D eigenvalue weighted by Crippen LogP contribution is 2.28. The number of nitrogens with one attached hydrogen (secondary N) is 1. The molecule has 3 rings (SSSR count). The standard InChI is InChI=1S/C19H27N3O2.ClH/c1-20-16-10-13-21(14-11-16)19(24)18(15-7-3-2-4-8-15)22-12-6-5-9-17(22)23;/h2-4,7-8,16,18,20H,5-6,9-14H2,1H3;1H. The van der Waals surface area contributed by atoms with Gasteiger partial charge < -0.3 is 15.1 Å². The van der Waals surface area contributed by atoms with Gasteiger partial charge in [-0.05, 0) is 38.3 Å². The Hall–Kier alpha value is -1.59. The molecule has 1 aromatic rings. The first-order valence-corrected chi connectivity index (χ1v) is 9.01. The highest BCUT2D eigenvalue weighted by molar-refractivity contribution is 5.89. The van der Waals surface area contributed by atoms with E-state index in [0.29, 0.717) is 19.0 Å². The van der Waals surface area contributed by atoms with Crippen molar-refractivity contribution < 1.29 is 9.59 Å². The average Bonchev–Trinajstić information content (AvgIpc) is 2.64. The Bertz CT molecular complexity index is 573. The highest BCUT2D eigenvalue weighted by Gasteiger charge is 2.36. The van der Waals surface area contributed by atoms with Crippen LogP contribution < -0.4 is 5.32 Å². The van der Waals surface area contributed by atoms with Crippen molar-refractivity contribution in [3.63, 3.8) is 0 Å². The first-order valence-electron chi connectivity index (χ1n) is 9.01. The number of amides is 2. The molecule has 0 aromatic heterocycles. The zero-order chi connectivity index (χ0) is 16.9. The number of carbonyl (C=O) groups is 2. The van der Waals surface area contributed by atoms with Crippen molar-refractivity contribution >= 4 is 24.2 Å². The molecule has 1 unspecified atom stereocenters. The Labute approximate surface area is 156 Å². The van der Waals surface area contributed by atoms with Crippen molar-refractivity contribution in [1.29, 1.82) is 0 Å². The summed E-state index contributed by atoms with van der Waals surface area (Å²) in [6.07, 6.45) is 4.40. The van der Waals surface area contributed by atoms with Crippen LogP contribution in [0.15, 0.2) is 30.3 Å². The molecule has 0 bridgehead atoms. The summed E-state index contributed by atoms with van der Waals surface area (Å²) < 4.78 is 0. The Kier molecular flexibility index (Phi) is 7.26. The molecule has 5 nitrogen and oxygen atoms in total. The van der Waals surface area contributed by atoms with Gasteiger partial charge in [0.15, 0.2) is 0 Å². The molecule has 2 aliphatic heterocycles. The van der Waals surface area contributed by atoms with Gasteiger partial charge in [0.1, 0.15) is 6.04 Å². The van der Waals surface area contributed by atoms with E-state index in [1.165, 1.54) is 0 Å². The van der Waals surface area contributed by atoms with Crippen LogP contribution >= 0.6 is 12.4 Å². The summed E-state index contributed by atoms with van der Waals surface area (Å²) in [5, 5.41) is 3.29. The van der Waals surface area contributed by atoms with E-state index < -0.39 is 6.04 Å². The van der Waals surface area contributed by atoms with Gasteiger partial charge in [0, 0.05) is 32.1 Å². The molecular formula is C19H28ClN3O2. The molecule has 1 atom stereocenters. The Morgan fingerprint density at radius 2 is 1.80 bits per heavy atom. The van der Waals surface area contributed by atoms with Gasteiger partial charge in [0.05, 0.1) is 0 Å². The Balaban J connectivity index is 0.00000225. The van der Waals surface area contributed by atoms with Crippen molar-refractivity contribution in [2.45, 2.75) is 44.2 Å². The number of carbonyl (C=O) groups excluding carboxylic acids is 2. The number of hydrogen-bond donors (Lipinski definition) is 1. The second kappa shape index (κ2) is 9.20. The van der Waals surface area contributed by atoms with Gasteiger partial charge in [-0.1, -0.05) is 30.3 Å². The largest absolute Gasteiger partial charge is 0.340 e. The summed E-state index contributed by atoms with van der Waals surface area (Å²) in [6.45, 7) is 2.20. The molecule has 25 heavy (non-hydrogen) atoms. The lowest BCUT2D eigenvalue weighted by molar-refractivity contribution is -0.148. The molecule has 2 aliphatic rings. The third-order valence-electron chi connectivity index (χ3n) is 5.24. The number of benzene rings is 1. The fourth-order valence-electron chi connectivity index (χ4n) is 3.75. The minimum absolute atomic E-state index is 0. The van der Waals surface area contributed by atoms with Crippen LogP contribution in [-0.2, 0) is 9.59 Å². The van der Waals surface area contributed by atoms with E-state index in [9.17, 15) is 9.59 Å². The lowest BCUT2D eigenvalue weighted by Crippen LogP contribution is -2.50. The van der Waals surface area contributed by atoms with Gasteiger partial charge in [0.2, 0.25) is 11.8 Å². The van der Waals surface area contributed by atoms with Crippen molar-refractivity contribution in [1.82, 2.24) is 15.1 Å². The van der Waals surface area contributed by atoms with Gasteiger partial charge in [-0.15, -0.1) is 12.4 Å². The van der Waals surface area contributed by atoms with Crippen molar-refractivity contribution in [3.05, 3.63) is 35.9 Å². The molecular weight excluding hydrogens is 338 g/mol. The minimum Gasteiger partial charge on any atom is -0.340 e. The SMILES string of the molecule is CNC1CCN(C(=O)C(c2ccccc2)N2CCCCC2=O)CC1.Cl. The van der Waals surface area contributed by atoms with Crippen LogP contribution in [0.3, 0.4) is 0 Å². The van der Waals surface area contributed by atoms with E-state index in [4.69, 9.17) is 0 Å². The fourth-order valence-corrected chi connectivity index (χ4v) is 3.75. The predicted molar refractivity (Wildman–Crippen MR) is 101 cm³/mol. The molecule has 0 radical (unpaired) electrons. The summed E-state index contributed by atoms with van der Waals surface area (Å²) in [4.78, 5) is 29.4. The van der Waals surface area contributed by atoms with Crippen LogP contribution in [0.5, 0.6) is 0 Å². The summed E-state index contributed by atoms with van der Waals surface area (Å²) in [5.74, 6) is 0.180. The summed E-state index contributed by atoms with van der Waals surface area (Å²) in [5.41, 5.74) is 0.925. The lowest BCUT2D eigenvalue weighted by atomic mass is 9.98. The van der Waals surface area contributed by atoms with Crippen molar-refractivity contribution in [2.24, 2.45) is 0 Å². The second-order valence-corrected chi connectivity index (χ2v) is 6.75. The fraction of sp³-hybridized carbons (Fsp3) is 0.579. The highest BCUT2D eigenvalue weighted by atomic mass is 35.5. The van der Waals surface area contributed by atoms with E-state index in [-0.39, 0.29) is 24.2 Å². The summed E-state index contributed by atoms with van der Waals surface area (Å²) in [6, 6.07) is 9.78. The van der Waals surface area contributed by atoms with Crippen molar-refractivity contribution in [3.8, 4) is 0 Å². The molecule has 1 aromatic carbocycles. The van der Waals surface area contributed by atoms with Crippen LogP contribution in [0.2, 0.25) is 0 Å². The van der Waals surface area contributed by atoms with E-state index in [1.807, 2.05) is 42.3 Å². The monoisotopic (exact) mass is 365 g/mol.